The van der Waals surface area contributed by atoms with Gasteiger partial charge in [0.25, 0.3) is 0 Å². The van der Waals surface area contributed by atoms with E-state index in [1.807, 2.05) is 40.8 Å². The summed E-state index contributed by atoms with van der Waals surface area (Å²) < 4.78 is 3.57. The number of hydrogen-bond acceptors (Lipinski definition) is 3. The number of carbonyl (C=O) groups excluding carboxylic acids is 1. The Labute approximate surface area is 148 Å². The monoisotopic (exact) mass is 344 g/mol. The van der Waals surface area contributed by atoms with Crippen LogP contribution in [-0.2, 0) is 17.9 Å². The number of likely N-dealkylation sites (tertiary alicyclic amines) is 1. The molecule has 6 heteroatoms. The van der Waals surface area contributed by atoms with Crippen molar-refractivity contribution in [1.29, 1.82) is 0 Å². The standard InChI is InChI=1S/C19H28N4O2/c1-3-11-22-16-8-4-5-9-17(16)23(19(22)25)13-10-18(24)21-12-6-7-15(21)14-20-2/h4-5,8-9,15,20H,3,6-7,10-14H2,1-2H3. The molecule has 6 nitrogen and oxygen atoms in total. The van der Waals surface area contributed by atoms with Crippen LogP contribution < -0.4 is 11.0 Å². The molecule has 0 saturated carbocycles. The first-order valence-corrected chi connectivity index (χ1v) is 9.29. The Morgan fingerprint density at radius 2 is 1.88 bits per heavy atom. The van der Waals surface area contributed by atoms with Crippen molar-refractivity contribution < 1.29 is 4.79 Å². The van der Waals surface area contributed by atoms with Gasteiger partial charge in [0.15, 0.2) is 0 Å². The molecule has 1 aliphatic heterocycles. The predicted octanol–water partition coefficient (Wildman–Crippen LogP) is 1.81. The minimum absolute atomic E-state index is 0.0101. The maximum absolute atomic E-state index is 12.8. The van der Waals surface area contributed by atoms with E-state index in [9.17, 15) is 9.59 Å². The maximum Gasteiger partial charge on any atom is 0.329 e. The number of likely N-dealkylation sites (N-methyl/N-ethyl adjacent to an activating group) is 1. The van der Waals surface area contributed by atoms with E-state index in [2.05, 4.69) is 12.2 Å². The van der Waals surface area contributed by atoms with Crippen LogP contribution in [0.5, 0.6) is 0 Å². The molecular weight excluding hydrogens is 316 g/mol. The predicted molar refractivity (Wildman–Crippen MR) is 99.8 cm³/mol. The Hall–Kier alpha value is -2.08. The highest BCUT2D eigenvalue weighted by Gasteiger charge is 2.27. The third-order valence-corrected chi connectivity index (χ3v) is 5.06. The third kappa shape index (κ3) is 3.49. The fourth-order valence-corrected chi connectivity index (χ4v) is 3.89. The Kier molecular flexibility index (Phi) is 5.58. The molecule has 1 aromatic heterocycles. The summed E-state index contributed by atoms with van der Waals surface area (Å²) in [5.41, 5.74) is 1.86. The van der Waals surface area contributed by atoms with E-state index in [0.717, 1.165) is 43.4 Å². The van der Waals surface area contributed by atoms with Crippen LogP contribution in [0, 0.1) is 0 Å². The molecule has 1 atom stereocenters. The number of carbonyl (C=O) groups is 1. The Morgan fingerprint density at radius 3 is 2.52 bits per heavy atom. The number of hydrogen-bond donors (Lipinski definition) is 1. The summed E-state index contributed by atoms with van der Waals surface area (Å²) in [6.45, 7) is 4.88. The SMILES string of the molecule is CCCn1c(=O)n(CCC(=O)N2CCCC2CNC)c2ccccc21. The molecule has 0 bridgehead atoms. The molecule has 2 aromatic rings. The van der Waals surface area contributed by atoms with Crippen molar-refractivity contribution in [2.75, 3.05) is 20.1 Å². The van der Waals surface area contributed by atoms with E-state index in [-0.39, 0.29) is 17.6 Å². The summed E-state index contributed by atoms with van der Waals surface area (Å²) in [5, 5.41) is 3.17. The van der Waals surface area contributed by atoms with Gasteiger partial charge >= 0.3 is 5.69 Å². The van der Waals surface area contributed by atoms with Gasteiger partial charge in [-0.1, -0.05) is 19.1 Å². The number of para-hydroxylation sites is 2. The number of aromatic nitrogens is 2. The summed E-state index contributed by atoms with van der Waals surface area (Å²) in [6, 6.07) is 8.13. The van der Waals surface area contributed by atoms with E-state index in [1.54, 1.807) is 4.57 Å². The van der Waals surface area contributed by atoms with Crippen LogP contribution in [0.3, 0.4) is 0 Å². The molecule has 1 fully saturated rings. The first kappa shape index (κ1) is 17.7. The number of fused-ring (bicyclic) bond motifs is 1. The van der Waals surface area contributed by atoms with Gasteiger partial charge in [0, 0.05) is 38.6 Å². The van der Waals surface area contributed by atoms with Crippen molar-refractivity contribution in [1.82, 2.24) is 19.4 Å². The number of rotatable bonds is 7. The Morgan fingerprint density at radius 1 is 1.20 bits per heavy atom. The van der Waals surface area contributed by atoms with Gasteiger partial charge in [-0.3, -0.25) is 13.9 Å². The van der Waals surface area contributed by atoms with Gasteiger partial charge in [0.05, 0.1) is 11.0 Å². The van der Waals surface area contributed by atoms with E-state index in [4.69, 9.17) is 0 Å². The number of amides is 1. The van der Waals surface area contributed by atoms with Gasteiger partial charge in [-0.05, 0) is 38.4 Å². The lowest BCUT2D eigenvalue weighted by Gasteiger charge is -2.24. The second-order valence-electron chi connectivity index (χ2n) is 6.77. The van der Waals surface area contributed by atoms with Crippen molar-refractivity contribution in [2.45, 2.75) is 51.7 Å². The Bertz CT molecular complexity index is 792. The zero-order chi connectivity index (χ0) is 17.8. The van der Waals surface area contributed by atoms with Crippen LogP contribution in [0.25, 0.3) is 11.0 Å². The third-order valence-electron chi connectivity index (χ3n) is 5.06. The zero-order valence-electron chi connectivity index (χ0n) is 15.2. The van der Waals surface area contributed by atoms with Gasteiger partial charge in [-0.25, -0.2) is 4.79 Å². The molecule has 0 radical (unpaired) electrons. The largest absolute Gasteiger partial charge is 0.338 e. The number of aryl methyl sites for hydroxylation is 2. The molecule has 0 spiro atoms. The lowest BCUT2D eigenvalue weighted by atomic mass is 10.2. The number of nitrogens with zero attached hydrogens (tertiary/aromatic N) is 3. The molecule has 1 saturated heterocycles. The van der Waals surface area contributed by atoms with Crippen molar-refractivity contribution in [2.24, 2.45) is 0 Å². The second-order valence-corrected chi connectivity index (χ2v) is 6.77. The highest BCUT2D eigenvalue weighted by molar-refractivity contribution is 5.78. The Balaban J connectivity index is 1.78. The number of nitrogens with one attached hydrogen (secondary N) is 1. The minimum atomic E-state index is -0.0101. The average Bonchev–Trinajstić information content (AvgIpc) is 3.18. The lowest BCUT2D eigenvalue weighted by Crippen LogP contribution is -2.41. The molecule has 1 N–H and O–H groups in total. The fourth-order valence-electron chi connectivity index (χ4n) is 3.89. The molecule has 2 heterocycles. The van der Waals surface area contributed by atoms with Crippen molar-refractivity contribution >= 4 is 16.9 Å². The van der Waals surface area contributed by atoms with Gasteiger partial charge in [0.2, 0.25) is 5.91 Å². The molecule has 3 rings (SSSR count). The van der Waals surface area contributed by atoms with E-state index < -0.39 is 0 Å². The highest BCUT2D eigenvalue weighted by Crippen LogP contribution is 2.19. The van der Waals surface area contributed by atoms with Crippen LogP contribution in [0.4, 0.5) is 0 Å². The molecule has 136 valence electrons. The van der Waals surface area contributed by atoms with Crippen molar-refractivity contribution in [3.05, 3.63) is 34.7 Å². The van der Waals surface area contributed by atoms with Crippen LogP contribution in [-0.4, -0.2) is 46.1 Å². The van der Waals surface area contributed by atoms with Crippen LogP contribution >= 0.6 is 0 Å². The van der Waals surface area contributed by atoms with Crippen LogP contribution in [0.15, 0.2) is 29.1 Å². The minimum Gasteiger partial charge on any atom is -0.338 e. The topological polar surface area (TPSA) is 59.3 Å². The van der Waals surface area contributed by atoms with E-state index in [0.29, 0.717) is 19.5 Å². The van der Waals surface area contributed by atoms with Crippen molar-refractivity contribution in [3.8, 4) is 0 Å². The molecule has 1 amide bonds. The maximum atomic E-state index is 12.8. The normalized spacial score (nSPS) is 17.5. The summed E-state index contributed by atoms with van der Waals surface area (Å²) >= 11 is 0. The van der Waals surface area contributed by atoms with E-state index in [1.165, 1.54) is 0 Å². The quantitative estimate of drug-likeness (QED) is 0.833. The molecule has 1 aromatic carbocycles. The first-order valence-electron chi connectivity index (χ1n) is 9.29. The molecular formula is C19H28N4O2. The second kappa shape index (κ2) is 7.87. The smallest absolute Gasteiger partial charge is 0.329 e. The highest BCUT2D eigenvalue weighted by atomic mass is 16.2. The van der Waals surface area contributed by atoms with Crippen LogP contribution in [0.2, 0.25) is 0 Å². The molecule has 1 unspecified atom stereocenters. The summed E-state index contributed by atoms with van der Waals surface area (Å²) in [6.07, 6.45) is 3.41. The van der Waals surface area contributed by atoms with Gasteiger partial charge < -0.3 is 10.2 Å². The average molecular weight is 344 g/mol. The molecule has 1 aliphatic rings. The molecule has 0 aliphatic carbocycles. The number of imidazole rings is 1. The number of benzene rings is 1. The summed E-state index contributed by atoms with van der Waals surface area (Å²) in [7, 11) is 1.92. The lowest BCUT2D eigenvalue weighted by molar-refractivity contribution is -0.132. The van der Waals surface area contributed by atoms with Crippen LogP contribution in [0.1, 0.15) is 32.6 Å². The summed E-state index contributed by atoms with van der Waals surface area (Å²) in [5.74, 6) is 0.150. The molecule has 25 heavy (non-hydrogen) atoms. The first-order chi connectivity index (χ1) is 12.2. The van der Waals surface area contributed by atoms with Gasteiger partial charge in [-0.2, -0.15) is 0 Å². The van der Waals surface area contributed by atoms with Gasteiger partial charge in [0.1, 0.15) is 0 Å². The fraction of sp³-hybridized carbons (Fsp3) is 0.579. The van der Waals surface area contributed by atoms with Crippen molar-refractivity contribution in [3.63, 3.8) is 0 Å². The summed E-state index contributed by atoms with van der Waals surface area (Å²) in [4.78, 5) is 27.4. The zero-order valence-corrected chi connectivity index (χ0v) is 15.2. The van der Waals surface area contributed by atoms with Gasteiger partial charge in [-0.15, -0.1) is 0 Å². The van der Waals surface area contributed by atoms with E-state index >= 15 is 0 Å².